The van der Waals surface area contributed by atoms with Crippen LogP contribution in [0.4, 0.5) is 18.9 Å². The largest absolute Gasteiger partial charge is 0.507 e. The smallest absolute Gasteiger partial charge is 0.416 e. The number of carbonyl (C=O) groups is 2. The van der Waals surface area contributed by atoms with Crippen LogP contribution in [0.1, 0.15) is 28.3 Å². The van der Waals surface area contributed by atoms with Crippen molar-refractivity contribution in [2.24, 2.45) is 0 Å². The van der Waals surface area contributed by atoms with Gasteiger partial charge in [-0.3, -0.25) is 14.5 Å². The summed E-state index contributed by atoms with van der Waals surface area (Å²) in [5, 5.41) is 11.1. The van der Waals surface area contributed by atoms with Crippen molar-refractivity contribution in [1.29, 1.82) is 0 Å². The van der Waals surface area contributed by atoms with E-state index in [1.807, 2.05) is 0 Å². The molecule has 1 amide bonds. The van der Waals surface area contributed by atoms with Gasteiger partial charge < -0.3 is 9.84 Å². The zero-order valence-corrected chi connectivity index (χ0v) is 18.3. The second kappa shape index (κ2) is 8.70. The molecular weight excluding hydrogens is 447 g/mol. The summed E-state index contributed by atoms with van der Waals surface area (Å²) >= 11 is 0. The molecule has 0 aliphatic carbocycles. The number of aliphatic hydroxyl groups excluding tert-OH is 1. The first-order valence-electron chi connectivity index (χ1n) is 10.3. The monoisotopic (exact) mass is 467 g/mol. The lowest BCUT2D eigenvalue weighted by atomic mass is 9.92. The topological polar surface area (TPSA) is 66.8 Å². The Hall–Kier alpha value is -4.07. The van der Waals surface area contributed by atoms with E-state index in [1.54, 1.807) is 55.5 Å². The van der Waals surface area contributed by atoms with Gasteiger partial charge in [0.25, 0.3) is 11.7 Å². The van der Waals surface area contributed by atoms with Gasteiger partial charge in [-0.2, -0.15) is 13.2 Å². The molecule has 0 radical (unpaired) electrons. The molecule has 3 aromatic carbocycles. The van der Waals surface area contributed by atoms with E-state index in [0.29, 0.717) is 16.9 Å². The van der Waals surface area contributed by atoms with Crippen LogP contribution < -0.4 is 9.64 Å². The number of anilines is 1. The highest BCUT2D eigenvalue weighted by Crippen LogP contribution is 2.43. The van der Waals surface area contributed by atoms with Gasteiger partial charge in [0.15, 0.2) is 0 Å². The average molecular weight is 467 g/mol. The van der Waals surface area contributed by atoms with Gasteiger partial charge in [-0.1, -0.05) is 24.3 Å². The lowest BCUT2D eigenvalue weighted by Gasteiger charge is -2.27. The van der Waals surface area contributed by atoms with Gasteiger partial charge in [-0.05, 0) is 66.6 Å². The zero-order valence-electron chi connectivity index (χ0n) is 18.3. The van der Waals surface area contributed by atoms with Gasteiger partial charge >= 0.3 is 6.18 Å². The number of hydrogen-bond acceptors (Lipinski definition) is 4. The van der Waals surface area contributed by atoms with Crippen molar-refractivity contribution in [3.8, 4) is 5.75 Å². The fourth-order valence-corrected chi connectivity index (χ4v) is 4.00. The van der Waals surface area contributed by atoms with Crippen molar-refractivity contribution in [2.45, 2.75) is 19.1 Å². The molecule has 1 unspecified atom stereocenters. The van der Waals surface area contributed by atoms with Gasteiger partial charge in [0.2, 0.25) is 0 Å². The Morgan fingerprint density at radius 1 is 0.941 bits per heavy atom. The summed E-state index contributed by atoms with van der Waals surface area (Å²) in [7, 11) is 1.49. The molecule has 0 spiro atoms. The molecule has 1 aliphatic heterocycles. The summed E-state index contributed by atoms with van der Waals surface area (Å²) in [6.07, 6.45) is -4.55. The van der Waals surface area contributed by atoms with E-state index in [1.165, 1.54) is 7.11 Å². The standard InChI is InChI=1S/C26H20F3NO4/c1-15-5-3-4-6-20(15)22-21(23(31)16-7-13-19(34-2)14-8-16)24(32)25(33)30(22)18-11-9-17(10-12-18)26(27,28)29/h3-14,22,31H,1-2H3/b23-21+. The molecule has 1 aliphatic rings. The number of aliphatic hydroxyl groups is 1. The second-order valence-corrected chi connectivity index (χ2v) is 7.80. The van der Waals surface area contributed by atoms with Gasteiger partial charge in [0, 0.05) is 11.3 Å². The Morgan fingerprint density at radius 3 is 2.12 bits per heavy atom. The summed E-state index contributed by atoms with van der Waals surface area (Å²) in [6, 6.07) is 16.3. The van der Waals surface area contributed by atoms with Gasteiger partial charge in [0.05, 0.1) is 24.3 Å². The number of Topliss-reactive ketones (excluding diaryl/α,β-unsaturated/α-hetero) is 1. The maximum atomic E-state index is 13.1. The molecule has 1 N–H and O–H groups in total. The minimum atomic E-state index is -4.55. The molecule has 1 heterocycles. The molecule has 5 nitrogen and oxygen atoms in total. The number of amides is 1. The highest BCUT2D eigenvalue weighted by Gasteiger charge is 2.47. The molecule has 8 heteroatoms. The number of methoxy groups -OCH3 is 1. The van der Waals surface area contributed by atoms with Crippen molar-refractivity contribution in [3.05, 3.63) is 101 Å². The predicted octanol–water partition coefficient (Wildman–Crippen LogP) is 5.65. The number of ether oxygens (including phenoxy) is 1. The van der Waals surface area contributed by atoms with Crippen LogP contribution in [0.15, 0.2) is 78.4 Å². The van der Waals surface area contributed by atoms with E-state index in [9.17, 15) is 27.9 Å². The van der Waals surface area contributed by atoms with Crippen molar-refractivity contribution in [1.82, 2.24) is 0 Å². The lowest BCUT2D eigenvalue weighted by molar-refractivity contribution is -0.137. The molecule has 3 aromatic rings. The van der Waals surface area contributed by atoms with E-state index in [-0.39, 0.29) is 17.0 Å². The Bertz CT molecular complexity index is 1280. The Kier molecular flexibility index (Phi) is 5.91. The first-order chi connectivity index (χ1) is 16.1. The van der Waals surface area contributed by atoms with Crippen LogP contribution in [-0.2, 0) is 15.8 Å². The Labute approximate surface area is 193 Å². The fourth-order valence-electron chi connectivity index (χ4n) is 4.00. The fraction of sp³-hybridized carbons (Fsp3) is 0.154. The van der Waals surface area contributed by atoms with Crippen LogP contribution in [0.25, 0.3) is 5.76 Å². The maximum absolute atomic E-state index is 13.1. The molecule has 0 bridgehead atoms. The van der Waals surface area contributed by atoms with Crippen molar-refractivity contribution in [3.63, 3.8) is 0 Å². The molecule has 1 atom stereocenters. The van der Waals surface area contributed by atoms with Crippen molar-refractivity contribution < 1.29 is 32.6 Å². The normalized spacial score (nSPS) is 17.8. The third-order valence-corrected chi connectivity index (χ3v) is 5.76. The van der Waals surface area contributed by atoms with E-state index in [0.717, 1.165) is 34.7 Å². The number of nitrogens with zero attached hydrogens (tertiary/aromatic N) is 1. The van der Waals surface area contributed by atoms with Crippen LogP contribution in [0.2, 0.25) is 0 Å². The van der Waals surface area contributed by atoms with Crippen molar-refractivity contribution in [2.75, 3.05) is 12.0 Å². The number of carbonyl (C=O) groups excluding carboxylic acids is 2. The first kappa shape index (κ1) is 23.1. The van der Waals surface area contributed by atoms with Gasteiger partial charge in [-0.25, -0.2) is 0 Å². The number of aryl methyl sites for hydroxylation is 1. The Morgan fingerprint density at radius 2 is 1.56 bits per heavy atom. The first-order valence-corrected chi connectivity index (χ1v) is 10.3. The molecule has 1 fully saturated rings. The van der Waals surface area contributed by atoms with E-state index < -0.39 is 29.5 Å². The summed E-state index contributed by atoms with van der Waals surface area (Å²) in [5.74, 6) is -1.72. The lowest BCUT2D eigenvalue weighted by Crippen LogP contribution is -2.29. The maximum Gasteiger partial charge on any atom is 0.416 e. The second-order valence-electron chi connectivity index (χ2n) is 7.80. The summed E-state index contributed by atoms with van der Waals surface area (Å²) < 4.78 is 44.3. The number of alkyl halides is 3. The molecule has 1 saturated heterocycles. The number of hydrogen-bond donors (Lipinski definition) is 1. The van der Waals surface area contributed by atoms with Crippen LogP contribution in [-0.4, -0.2) is 23.9 Å². The highest BCUT2D eigenvalue weighted by molar-refractivity contribution is 6.51. The van der Waals surface area contributed by atoms with E-state index in [2.05, 4.69) is 0 Å². The quantitative estimate of drug-likeness (QED) is 0.306. The van der Waals surface area contributed by atoms with E-state index >= 15 is 0 Å². The third-order valence-electron chi connectivity index (χ3n) is 5.76. The Balaban J connectivity index is 1.90. The molecule has 34 heavy (non-hydrogen) atoms. The van der Waals surface area contributed by atoms with E-state index in [4.69, 9.17) is 4.74 Å². The average Bonchev–Trinajstić information content (AvgIpc) is 3.08. The molecule has 174 valence electrons. The molecular formula is C26H20F3NO4. The van der Waals surface area contributed by atoms with Crippen LogP contribution in [0.5, 0.6) is 5.75 Å². The predicted molar refractivity (Wildman–Crippen MR) is 120 cm³/mol. The summed E-state index contributed by atoms with van der Waals surface area (Å²) in [4.78, 5) is 27.4. The summed E-state index contributed by atoms with van der Waals surface area (Å²) in [5.41, 5.74) is 0.688. The highest BCUT2D eigenvalue weighted by atomic mass is 19.4. The molecule has 4 rings (SSSR count). The third kappa shape index (κ3) is 4.03. The summed E-state index contributed by atoms with van der Waals surface area (Å²) in [6.45, 7) is 1.79. The van der Waals surface area contributed by atoms with Crippen LogP contribution in [0.3, 0.4) is 0 Å². The van der Waals surface area contributed by atoms with Crippen LogP contribution >= 0.6 is 0 Å². The van der Waals surface area contributed by atoms with Crippen molar-refractivity contribution >= 4 is 23.1 Å². The van der Waals surface area contributed by atoms with Gasteiger partial charge in [0.1, 0.15) is 11.5 Å². The number of halogens is 3. The SMILES string of the molecule is COc1ccc(/C(O)=C2\C(=O)C(=O)N(c3ccc(C(F)(F)F)cc3)C2c2ccccc2C)cc1. The molecule has 0 saturated carbocycles. The number of rotatable bonds is 4. The van der Waals surface area contributed by atoms with Crippen LogP contribution in [0, 0.1) is 6.92 Å². The minimum Gasteiger partial charge on any atom is -0.507 e. The van der Waals surface area contributed by atoms with Gasteiger partial charge in [-0.15, -0.1) is 0 Å². The molecule has 0 aromatic heterocycles. The minimum absolute atomic E-state index is 0.108. The number of benzene rings is 3. The number of ketones is 1. The zero-order chi connectivity index (χ0) is 24.6.